The molecule has 214 valence electrons. The van der Waals surface area contributed by atoms with Crippen LogP contribution in [-0.2, 0) is 38.1 Å². The van der Waals surface area contributed by atoms with Gasteiger partial charge in [0.15, 0.2) is 0 Å². The zero-order valence-corrected chi connectivity index (χ0v) is 21.8. The van der Waals surface area contributed by atoms with E-state index in [0.29, 0.717) is 59.1 Å². The molecule has 0 rings (SSSR count). The van der Waals surface area contributed by atoms with Crippen molar-refractivity contribution in [3.63, 3.8) is 0 Å². The number of ether oxygens (including phenoxy) is 4. The highest BCUT2D eigenvalue weighted by atomic mass is 16.6. The van der Waals surface area contributed by atoms with Crippen molar-refractivity contribution < 1.29 is 42.9 Å². The number of carbonyl (C=O) groups is 5. The number of carbonyl (C=O) groups excluding carboxylic acids is 5. The van der Waals surface area contributed by atoms with Crippen LogP contribution in [0.25, 0.3) is 0 Å². The molecule has 0 aliphatic rings. The Bertz CT molecular complexity index is 679. The molecule has 0 aromatic heterocycles. The number of nitrogens with one attached hydrogen (secondary N) is 3. The van der Waals surface area contributed by atoms with Crippen LogP contribution < -0.4 is 27.4 Å². The number of hydrogen-bond acceptors (Lipinski definition) is 9. The molecule has 2 unspecified atom stereocenters. The van der Waals surface area contributed by atoms with Gasteiger partial charge in [0.05, 0.1) is 52.9 Å². The fourth-order valence-corrected chi connectivity index (χ4v) is 2.90. The van der Waals surface area contributed by atoms with Crippen molar-refractivity contribution in [2.45, 2.75) is 51.6 Å². The Kier molecular flexibility index (Phi) is 20.7. The SMILES string of the molecule is CC(C)C(NC(=O)CCOCCOCCOCCOCCC=O)C(=O)NC(CCCNC(N)=O)C(N)=O. The highest BCUT2D eigenvalue weighted by Gasteiger charge is 2.27. The van der Waals surface area contributed by atoms with Crippen LogP contribution in [-0.4, -0.2) is 102 Å². The summed E-state index contributed by atoms with van der Waals surface area (Å²) in [7, 11) is 0. The molecule has 0 heterocycles. The lowest BCUT2D eigenvalue weighted by Gasteiger charge is -2.24. The Morgan fingerprint density at radius 2 is 1.35 bits per heavy atom. The van der Waals surface area contributed by atoms with Crippen LogP contribution in [0.1, 0.15) is 39.5 Å². The van der Waals surface area contributed by atoms with Gasteiger partial charge in [-0.1, -0.05) is 13.8 Å². The van der Waals surface area contributed by atoms with Crippen LogP contribution in [0.3, 0.4) is 0 Å². The number of primary amides is 2. The molecule has 0 aromatic carbocycles. The lowest BCUT2D eigenvalue weighted by Crippen LogP contribution is -2.54. The molecule has 0 aliphatic carbocycles. The van der Waals surface area contributed by atoms with Crippen molar-refractivity contribution in [2.75, 3.05) is 59.4 Å². The normalized spacial score (nSPS) is 12.5. The quantitative estimate of drug-likeness (QED) is 0.0727. The van der Waals surface area contributed by atoms with E-state index < -0.39 is 29.9 Å². The minimum Gasteiger partial charge on any atom is -0.379 e. The Morgan fingerprint density at radius 1 is 0.811 bits per heavy atom. The average molecular weight is 534 g/mol. The summed E-state index contributed by atoms with van der Waals surface area (Å²) >= 11 is 0. The Hall–Kier alpha value is -2.81. The van der Waals surface area contributed by atoms with Gasteiger partial charge in [-0.25, -0.2) is 4.79 Å². The van der Waals surface area contributed by atoms with E-state index in [2.05, 4.69) is 16.0 Å². The van der Waals surface area contributed by atoms with Gasteiger partial charge >= 0.3 is 6.03 Å². The summed E-state index contributed by atoms with van der Waals surface area (Å²) in [5.74, 6) is -1.86. The fourth-order valence-electron chi connectivity index (χ4n) is 2.90. The molecule has 14 nitrogen and oxygen atoms in total. The van der Waals surface area contributed by atoms with Crippen molar-refractivity contribution in [1.82, 2.24) is 16.0 Å². The lowest BCUT2D eigenvalue weighted by molar-refractivity contribution is -0.132. The zero-order valence-electron chi connectivity index (χ0n) is 21.8. The number of aldehydes is 1. The Morgan fingerprint density at radius 3 is 1.84 bits per heavy atom. The molecule has 0 radical (unpaired) electrons. The average Bonchev–Trinajstić information content (AvgIpc) is 2.83. The van der Waals surface area contributed by atoms with Crippen LogP contribution in [0, 0.1) is 5.92 Å². The highest BCUT2D eigenvalue weighted by Crippen LogP contribution is 2.05. The standard InChI is InChI=1S/C23H43N5O9/c1-17(2)20(22(32)27-18(21(24)31)5-3-7-26-23(25)33)28-19(30)6-10-35-12-14-37-16-15-36-13-11-34-9-4-8-29/h8,17-18,20H,3-7,9-16H2,1-2H3,(H2,24,31)(H,27,32)(H,28,30)(H3,25,26,33). The minimum atomic E-state index is -0.948. The number of amides is 5. The molecule has 0 fully saturated rings. The predicted molar refractivity (Wildman–Crippen MR) is 133 cm³/mol. The third kappa shape index (κ3) is 20.0. The van der Waals surface area contributed by atoms with E-state index in [0.717, 1.165) is 6.29 Å². The van der Waals surface area contributed by atoms with E-state index in [1.807, 2.05) is 0 Å². The van der Waals surface area contributed by atoms with Crippen LogP contribution in [0.5, 0.6) is 0 Å². The van der Waals surface area contributed by atoms with Gasteiger partial charge < -0.3 is 51.2 Å². The molecule has 37 heavy (non-hydrogen) atoms. The second kappa shape index (κ2) is 22.4. The summed E-state index contributed by atoms with van der Waals surface area (Å²) in [6.07, 6.45) is 1.80. The first-order valence-corrected chi connectivity index (χ1v) is 12.4. The highest BCUT2D eigenvalue weighted by molar-refractivity contribution is 5.91. The third-order valence-corrected chi connectivity index (χ3v) is 4.86. The van der Waals surface area contributed by atoms with Crippen LogP contribution >= 0.6 is 0 Å². The molecule has 14 heteroatoms. The van der Waals surface area contributed by atoms with Crippen LogP contribution in [0.4, 0.5) is 4.79 Å². The summed E-state index contributed by atoms with van der Waals surface area (Å²) in [4.78, 5) is 57.5. The summed E-state index contributed by atoms with van der Waals surface area (Å²) in [5, 5.41) is 7.61. The van der Waals surface area contributed by atoms with E-state index >= 15 is 0 Å². The zero-order chi connectivity index (χ0) is 27.9. The van der Waals surface area contributed by atoms with E-state index in [4.69, 9.17) is 30.4 Å². The van der Waals surface area contributed by atoms with Gasteiger partial charge in [0.25, 0.3) is 0 Å². The summed E-state index contributed by atoms with van der Waals surface area (Å²) in [6, 6.07) is -2.50. The summed E-state index contributed by atoms with van der Waals surface area (Å²) in [5.41, 5.74) is 10.4. The van der Waals surface area contributed by atoms with Gasteiger partial charge in [-0.2, -0.15) is 0 Å². The van der Waals surface area contributed by atoms with Crippen molar-refractivity contribution in [1.29, 1.82) is 0 Å². The fraction of sp³-hybridized carbons (Fsp3) is 0.783. The van der Waals surface area contributed by atoms with Crippen molar-refractivity contribution in [3.05, 3.63) is 0 Å². The molecule has 5 amide bonds. The minimum absolute atomic E-state index is 0.0434. The molecular formula is C23H43N5O9. The number of urea groups is 1. The largest absolute Gasteiger partial charge is 0.379 e. The van der Waals surface area contributed by atoms with Gasteiger partial charge in [-0.05, 0) is 18.8 Å². The van der Waals surface area contributed by atoms with Gasteiger partial charge in [0, 0.05) is 19.4 Å². The molecule has 0 spiro atoms. The molecule has 2 atom stereocenters. The monoisotopic (exact) mass is 533 g/mol. The summed E-state index contributed by atoms with van der Waals surface area (Å²) in [6.45, 7) is 6.54. The summed E-state index contributed by atoms with van der Waals surface area (Å²) < 4.78 is 21.2. The Balaban J connectivity index is 4.08. The molecule has 0 saturated heterocycles. The van der Waals surface area contributed by atoms with E-state index in [9.17, 15) is 24.0 Å². The smallest absolute Gasteiger partial charge is 0.312 e. The van der Waals surface area contributed by atoms with Crippen LogP contribution in [0.15, 0.2) is 0 Å². The molecule has 0 saturated carbocycles. The van der Waals surface area contributed by atoms with E-state index in [-0.39, 0.29) is 37.8 Å². The third-order valence-electron chi connectivity index (χ3n) is 4.86. The maximum Gasteiger partial charge on any atom is 0.312 e. The predicted octanol–water partition coefficient (Wildman–Crippen LogP) is -1.41. The van der Waals surface area contributed by atoms with Gasteiger partial charge in [0.2, 0.25) is 17.7 Å². The van der Waals surface area contributed by atoms with Crippen LogP contribution in [0.2, 0.25) is 0 Å². The molecular weight excluding hydrogens is 490 g/mol. The van der Waals surface area contributed by atoms with Crippen molar-refractivity contribution in [3.8, 4) is 0 Å². The maximum absolute atomic E-state index is 12.7. The number of hydrogen-bond donors (Lipinski definition) is 5. The first-order valence-electron chi connectivity index (χ1n) is 12.4. The first kappa shape index (κ1) is 34.2. The number of nitrogens with two attached hydrogens (primary N) is 2. The van der Waals surface area contributed by atoms with Crippen molar-refractivity contribution in [2.24, 2.45) is 17.4 Å². The maximum atomic E-state index is 12.7. The van der Waals surface area contributed by atoms with Gasteiger partial charge in [-0.3, -0.25) is 14.4 Å². The lowest BCUT2D eigenvalue weighted by atomic mass is 10.0. The molecule has 0 aliphatic heterocycles. The second-order valence-corrected chi connectivity index (χ2v) is 8.34. The molecule has 0 bridgehead atoms. The second-order valence-electron chi connectivity index (χ2n) is 8.34. The van der Waals surface area contributed by atoms with Gasteiger partial charge in [-0.15, -0.1) is 0 Å². The van der Waals surface area contributed by atoms with Gasteiger partial charge in [0.1, 0.15) is 18.4 Å². The first-order chi connectivity index (χ1) is 17.7. The van der Waals surface area contributed by atoms with Crippen molar-refractivity contribution >= 4 is 30.0 Å². The molecule has 0 aromatic rings. The number of rotatable bonds is 24. The van der Waals surface area contributed by atoms with E-state index in [1.54, 1.807) is 13.8 Å². The molecule has 7 N–H and O–H groups in total. The van der Waals surface area contributed by atoms with E-state index in [1.165, 1.54) is 0 Å². The topological polar surface area (TPSA) is 210 Å². The Labute approximate surface area is 217 Å².